The van der Waals surface area contributed by atoms with Crippen LogP contribution in [0.5, 0.6) is 11.5 Å². The van der Waals surface area contributed by atoms with Gasteiger partial charge in [-0.2, -0.15) is 5.26 Å². The van der Waals surface area contributed by atoms with Gasteiger partial charge in [-0.3, -0.25) is 0 Å². The van der Waals surface area contributed by atoms with Gasteiger partial charge in [0.2, 0.25) is 0 Å². The van der Waals surface area contributed by atoms with Crippen LogP contribution in [0.3, 0.4) is 0 Å². The van der Waals surface area contributed by atoms with Gasteiger partial charge < -0.3 is 20.5 Å². The van der Waals surface area contributed by atoms with E-state index in [0.29, 0.717) is 28.3 Å². The minimum Gasteiger partial charge on any atom is -0.493 e. The largest absolute Gasteiger partial charge is 0.493 e. The Morgan fingerprint density at radius 3 is 2.62 bits per heavy atom. The van der Waals surface area contributed by atoms with Crippen molar-refractivity contribution in [3.05, 3.63) is 53.3 Å². The molecule has 0 radical (unpaired) electrons. The van der Waals surface area contributed by atoms with Crippen molar-refractivity contribution in [1.82, 2.24) is 0 Å². The third-order valence-corrected chi connectivity index (χ3v) is 3.25. The average molecular weight is 328 g/mol. The van der Waals surface area contributed by atoms with Gasteiger partial charge in [0.05, 0.1) is 32.4 Å². The van der Waals surface area contributed by atoms with E-state index in [9.17, 15) is 4.39 Å². The molecule has 24 heavy (non-hydrogen) atoms. The summed E-state index contributed by atoms with van der Waals surface area (Å²) in [7, 11) is 3.08. The number of hydrogen-bond acceptors (Lipinski definition) is 4. The summed E-state index contributed by atoms with van der Waals surface area (Å²) in [6, 6.07) is 11.2. The number of rotatable bonds is 5. The minimum atomic E-state index is -0.434. The Morgan fingerprint density at radius 2 is 1.96 bits per heavy atom. The zero-order valence-electron chi connectivity index (χ0n) is 13.3. The molecule has 3 N–H and O–H groups in total. The number of ether oxygens (including phenoxy) is 2. The Kier molecular flexibility index (Phi) is 5.58. The van der Waals surface area contributed by atoms with E-state index in [4.69, 9.17) is 20.5 Å². The van der Waals surface area contributed by atoms with Crippen LogP contribution in [0.15, 0.2) is 41.4 Å². The molecule has 0 atom stereocenters. The summed E-state index contributed by atoms with van der Waals surface area (Å²) in [5, 5.41) is 11.7. The first-order valence-corrected chi connectivity index (χ1v) is 7.05. The third kappa shape index (κ3) is 4.14. The van der Waals surface area contributed by atoms with Gasteiger partial charge in [-0.15, -0.1) is 0 Å². The number of guanidine groups is 1. The lowest BCUT2D eigenvalue weighted by molar-refractivity contribution is 0.355. The number of anilines is 1. The fourth-order valence-corrected chi connectivity index (χ4v) is 2.04. The molecule has 0 aromatic heterocycles. The highest BCUT2D eigenvalue weighted by Gasteiger charge is 2.06. The van der Waals surface area contributed by atoms with Gasteiger partial charge >= 0.3 is 0 Å². The van der Waals surface area contributed by atoms with Crippen molar-refractivity contribution in [3.8, 4) is 17.6 Å². The number of benzene rings is 2. The van der Waals surface area contributed by atoms with E-state index < -0.39 is 5.82 Å². The Labute approximate surface area is 139 Å². The quantitative estimate of drug-likeness (QED) is 0.650. The van der Waals surface area contributed by atoms with E-state index in [2.05, 4.69) is 10.3 Å². The molecule has 0 heterocycles. The molecule has 0 spiro atoms. The number of halogens is 1. The molecular formula is C17H17FN4O2. The first kappa shape index (κ1) is 17.1. The summed E-state index contributed by atoms with van der Waals surface area (Å²) in [5.41, 5.74) is 7.13. The summed E-state index contributed by atoms with van der Waals surface area (Å²) in [6.45, 7) is 0.0213. The maximum atomic E-state index is 13.7. The van der Waals surface area contributed by atoms with Crippen molar-refractivity contribution < 1.29 is 13.9 Å². The van der Waals surface area contributed by atoms with Crippen molar-refractivity contribution in [1.29, 1.82) is 5.26 Å². The summed E-state index contributed by atoms with van der Waals surface area (Å²) in [4.78, 5) is 4.09. The topological polar surface area (TPSA) is 92.7 Å². The molecular weight excluding hydrogens is 311 g/mol. The van der Waals surface area contributed by atoms with Crippen LogP contribution in [0, 0.1) is 17.1 Å². The molecule has 0 saturated heterocycles. The maximum absolute atomic E-state index is 13.7. The molecule has 2 aromatic carbocycles. The van der Waals surface area contributed by atoms with Crippen molar-refractivity contribution in [2.75, 3.05) is 19.5 Å². The summed E-state index contributed by atoms with van der Waals surface area (Å²) in [6.07, 6.45) is 0. The molecule has 2 rings (SSSR count). The molecule has 0 saturated carbocycles. The Hall–Kier alpha value is -3.27. The SMILES string of the molecule is COc1ccc(NC(N)=NCc2cc(C#N)ccc2F)cc1OC. The number of nitrogens with two attached hydrogens (primary N) is 1. The van der Waals surface area contributed by atoms with Gasteiger partial charge in [0.25, 0.3) is 0 Å². The van der Waals surface area contributed by atoms with E-state index >= 15 is 0 Å². The molecule has 0 amide bonds. The first-order valence-electron chi connectivity index (χ1n) is 7.05. The molecule has 124 valence electrons. The molecule has 7 heteroatoms. The van der Waals surface area contributed by atoms with Crippen molar-refractivity contribution in [2.24, 2.45) is 10.7 Å². The second kappa shape index (κ2) is 7.83. The minimum absolute atomic E-state index is 0.0213. The third-order valence-electron chi connectivity index (χ3n) is 3.25. The summed E-state index contributed by atoms with van der Waals surface area (Å²) in [5.74, 6) is 0.817. The van der Waals surface area contributed by atoms with Crippen molar-refractivity contribution >= 4 is 11.6 Å². The van der Waals surface area contributed by atoms with E-state index in [1.54, 1.807) is 25.3 Å². The fraction of sp³-hybridized carbons (Fsp3) is 0.176. The lowest BCUT2D eigenvalue weighted by atomic mass is 10.1. The molecule has 2 aromatic rings. The second-order valence-electron chi connectivity index (χ2n) is 4.81. The summed E-state index contributed by atoms with van der Waals surface area (Å²) >= 11 is 0. The number of methoxy groups -OCH3 is 2. The molecule has 0 aliphatic rings. The normalized spacial score (nSPS) is 10.8. The number of nitriles is 1. The van der Waals surface area contributed by atoms with Crippen molar-refractivity contribution in [3.63, 3.8) is 0 Å². The standard InChI is InChI=1S/C17H17FN4O2/c1-23-15-6-4-13(8-16(15)24-2)22-17(20)21-10-12-7-11(9-19)3-5-14(12)18/h3-8H,10H2,1-2H3,(H3,20,21,22). The van der Waals surface area contributed by atoms with Gasteiger partial charge in [0, 0.05) is 17.3 Å². The maximum Gasteiger partial charge on any atom is 0.193 e. The second-order valence-corrected chi connectivity index (χ2v) is 4.81. The van der Waals surface area contributed by atoms with Crippen LogP contribution in [-0.2, 0) is 6.54 Å². The highest BCUT2D eigenvalue weighted by Crippen LogP contribution is 2.29. The molecule has 0 unspecified atom stereocenters. The van der Waals surface area contributed by atoms with Gasteiger partial charge in [0.15, 0.2) is 17.5 Å². The number of hydrogen-bond donors (Lipinski definition) is 2. The molecule has 0 aliphatic heterocycles. The first-order chi connectivity index (χ1) is 11.6. The van der Waals surface area contributed by atoms with Gasteiger partial charge in [-0.05, 0) is 30.3 Å². The van der Waals surface area contributed by atoms with Crippen LogP contribution in [0.2, 0.25) is 0 Å². The highest BCUT2D eigenvalue weighted by atomic mass is 19.1. The van der Waals surface area contributed by atoms with E-state index in [0.717, 1.165) is 0 Å². The molecule has 6 nitrogen and oxygen atoms in total. The average Bonchev–Trinajstić information content (AvgIpc) is 2.60. The molecule has 0 aliphatic carbocycles. The molecule has 0 fully saturated rings. The predicted molar refractivity (Wildman–Crippen MR) is 89.6 cm³/mol. The highest BCUT2D eigenvalue weighted by molar-refractivity contribution is 5.92. The number of nitrogens with zero attached hydrogens (tertiary/aromatic N) is 2. The zero-order valence-corrected chi connectivity index (χ0v) is 13.3. The Balaban J connectivity index is 2.11. The van der Waals surface area contributed by atoms with E-state index in [1.807, 2.05) is 6.07 Å². The van der Waals surface area contributed by atoms with Crippen LogP contribution in [0.25, 0.3) is 0 Å². The Morgan fingerprint density at radius 1 is 1.21 bits per heavy atom. The fourth-order valence-electron chi connectivity index (χ4n) is 2.04. The van der Waals surface area contributed by atoms with Crippen LogP contribution >= 0.6 is 0 Å². The van der Waals surface area contributed by atoms with Gasteiger partial charge in [-0.25, -0.2) is 9.38 Å². The van der Waals surface area contributed by atoms with E-state index in [-0.39, 0.29) is 12.5 Å². The Bertz CT molecular complexity index is 800. The molecule has 0 bridgehead atoms. The van der Waals surface area contributed by atoms with Gasteiger partial charge in [0.1, 0.15) is 5.82 Å². The van der Waals surface area contributed by atoms with E-state index in [1.165, 1.54) is 25.3 Å². The van der Waals surface area contributed by atoms with Crippen LogP contribution in [0.4, 0.5) is 10.1 Å². The smallest absolute Gasteiger partial charge is 0.193 e. The monoisotopic (exact) mass is 328 g/mol. The van der Waals surface area contributed by atoms with Crippen LogP contribution < -0.4 is 20.5 Å². The van der Waals surface area contributed by atoms with Gasteiger partial charge in [-0.1, -0.05) is 0 Å². The predicted octanol–water partition coefficient (Wildman–Crippen LogP) is 2.64. The lowest BCUT2D eigenvalue weighted by Crippen LogP contribution is -2.22. The van der Waals surface area contributed by atoms with Crippen LogP contribution in [-0.4, -0.2) is 20.2 Å². The van der Waals surface area contributed by atoms with Crippen LogP contribution in [0.1, 0.15) is 11.1 Å². The number of aliphatic imine (C=N–C) groups is 1. The summed E-state index contributed by atoms with van der Waals surface area (Å²) < 4.78 is 24.1. The lowest BCUT2D eigenvalue weighted by Gasteiger charge is -2.11. The number of nitrogens with one attached hydrogen (secondary N) is 1. The van der Waals surface area contributed by atoms with Crippen molar-refractivity contribution in [2.45, 2.75) is 6.54 Å². The zero-order chi connectivity index (χ0) is 17.5.